The van der Waals surface area contributed by atoms with Crippen molar-refractivity contribution in [3.63, 3.8) is 0 Å². The summed E-state index contributed by atoms with van der Waals surface area (Å²) in [4.78, 5) is 12.3. The van der Waals surface area contributed by atoms with Crippen LogP contribution in [0.15, 0.2) is 72.8 Å². The molecule has 1 amide bonds. The summed E-state index contributed by atoms with van der Waals surface area (Å²) < 4.78 is 1.70. The van der Waals surface area contributed by atoms with Gasteiger partial charge < -0.3 is 10.6 Å². The number of fused-ring (bicyclic) bond motifs is 1. The molecule has 158 valence electrons. The zero-order chi connectivity index (χ0) is 21.5. The highest BCUT2D eigenvalue weighted by molar-refractivity contribution is 5.76. The number of aryl methyl sites for hydroxylation is 1. The molecule has 2 N–H and O–H groups in total. The number of nitrogens with zero attached hydrogens (tertiary/aromatic N) is 4. The predicted molar refractivity (Wildman–Crippen MR) is 121 cm³/mol. The van der Waals surface area contributed by atoms with E-state index in [-0.39, 0.29) is 11.8 Å². The number of amides is 1. The molecular formula is C24H26N6O. The van der Waals surface area contributed by atoms with Gasteiger partial charge in [-0.1, -0.05) is 67.6 Å². The van der Waals surface area contributed by atoms with Crippen LogP contribution in [0, 0.1) is 0 Å². The second kappa shape index (κ2) is 9.84. The first-order valence-corrected chi connectivity index (χ1v) is 10.5. The van der Waals surface area contributed by atoms with Crippen LogP contribution in [-0.2, 0) is 17.8 Å². The van der Waals surface area contributed by atoms with Crippen molar-refractivity contribution in [1.82, 2.24) is 25.1 Å². The van der Waals surface area contributed by atoms with E-state index < -0.39 is 0 Å². The van der Waals surface area contributed by atoms with Crippen LogP contribution in [0.4, 0.5) is 5.82 Å². The summed E-state index contributed by atoms with van der Waals surface area (Å²) in [5.74, 6) is 1.67. The van der Waals surface area contributed by atoms with Crippen LogP contribution in [-0.4, -0.2) is 32.3 Å². The minimum Gasteiger partial charge on any atom is -0.365 e. The second-order valence-corrected chi connectivity index (χ2v) is 7.56. The quantitative estimate of drug-likeness (QED) is 0.437. The molecule has 0 saturated heterocycles. The van der Waals surface area contributed by atoms with Crippen molar-refractivity contribution in [3.8, 4) is 0 Å². The van der Waals surface area contributed by atoms with Gasteiger partial charge >= 0.3 is 0 Å². The number of aromatic nitrogens is 4. The van der Waals surface area contributed by atoms with Crippen molar-refractivity contribution in [1.29, 1.82) is 0 Å². The van der Waals surface area contributed by atoms with Gasteiger partial charge in [0.25, 0.3) is 0 Å². The van der Waals surface area contributed by atoms with Gasteiger partial charge in [0.2, 0.25) is 5.91 Å². The maximum atomic E-state index is 12.3. The molecule has 0 aliphatic heterocycles. The molecule has 0 fully saturated rings. The Morgan fingerprint density at radius 2 is 1.71 bits per heavy atom. The largest absolute Gasteiger partial charge is 0.365 e. The van der Waals surface area contributed by atoms with E-state index in [9.17, 15) is 4.79 Å². The zero-order valence-corrected chi connectivity index (χ0v) is 17.5. The number of nitrogens with one attached hydrogen (secondary N) is 2. The maximum Gasteiger partial charge on any atom is 0.220 e. The number of carbonyl (C=O) groups excluding carboxylic acids is 1. The fourth-order valence-corrected chi connectivity index (χ4v) is 3.35. The molecule has 4 aromatic rings. The SMILES string of the molecule is C[C@@H](CNC(=O)CCc1nnc2ccc(NCc3ccccc3)nn12)c1ccccc1. The molecule has 0 aliphatic rings. The van der Waals surface area contributed by atoms with Gasteiger partial charge in [0.1, 0.15) is 5.82 Å². The molecule has 2 aromatic carbocycles. The Bertz CT molecular complexity index is 1130. The Hall–Kier alpha value is -3.74. The number of hydrogen-bond acceptors (Lipinski definition) is 5. The Labute approximate surface area is 181 Å². The molecule has 0 spiro atoms. The second-order valence-electron chi connectivity index (χ2n) is 7.56. The van der Waals surface area contributed by atoms with E-state index >= 15 is 0 Å². The third kappa shape index (κ3) is 5.45. The van der Waals surface area contributed by atoms with Crippen LogP contribution >= 0.6 is 0 Å². The van der Waals surface area contributed by atoms with Crippen LogP contribution in [0.5, 0.6) is 0 Å². The summed E-state index contributed by atoms with van der Waals surface area (Å²) in [7, 11) is 0. The Balaban J connectivity index is 1.32. The predicted octanol–water partition coefficient (Wildman–Crippen LogP) is 3.59. The van der Waals surface area contributed by atoms with E-state index in [0.717, 1.165) is 5.82 Å². The van der Waals surface area contributed by atoms with E-state index in [1.54, 1.807) is 4.52 Å². The highest BCUT2D eigenvalue weighted by atomic mass is 16.1. The molecule has 0 aliphatic carbocycles. The number of carbonyl (C=O) groups is 1. The summed E-state index contributed by atoms with van der Waals surface area (Å²) in [5, 5.41) is 19.3. The lowest BCUT2D eigenvalue weighted by molar-refractivity contribution is -0.121. The first kappa shape index (κ1) is 20.5. The lowest BCUT2D eigenvalue weighted by Gasteiger charge is -2.12. The van der Waals surface area contributed by atoms with E-state index in [0.29, 0.717) is 37.4 Å². The molecule has 2 heterocycles. The normalized spacial score (nSPS) is 11.9. The van der Waals surface area contributed by atoms with Gasteiger partial charge in [-0.05, 0) is 29.2 Å². The monoisotopic (exact) mass is 414 g/mol. The molecule has 7 nitrogen and oxygen atoms in total. The van der Waals surface area contributed by atoms with Gasteiger partial charge in [-0.3, -0.25) is 4.79 Å². The Morgan fingerprint density at radius 3 is 2.48 bits per heavy atom. The summed E-state index contributed by atoms with van der Waals surface area (Å²) in [5.41, 5.74) is 3.05. The van der Waals surface area contributed by atoms with Crippen LogP contribution in [0.2, 0.25) is 0 Å². The molecule has 1 atom stereocenters. The molecular weight excluding hydrogens is 388 g/mol. The third-order valence-corrected chi connectivity index (χ3v) is 5.19. The average Bonchev–Trinajstić information content (AvgIpc) is 3.23. The van der Waals surface area contributed by atoms with Crippen molar-refractivity contribution >= 4 is 17.4 Å². The van der Waals surface area contributed by atoms with Crippen molar-refractivity contribution in [2.24, 2.45) is 0 Å². The van der Waals surface area contributed by atoms with Crippen molar-refractivity contribution in [2.45, 2.75) is 32.2 Å². The highest BCUT2D eigenvalue weighted by Crippen LogP contribution is 2.13. The first-order chi connectivity index (χ1) is 15.2. The molecule has 7 heteroatoms. The number of hydrogen-bond donors (Lipinski definition) is 2. The molecule has 0 radical (unpaired) electrons. The minimum atomic E-state index is -0.00196. The maximum absolute atomic E-state index is 12.3. The summed E-state index contributed by atoms with van der Waals surface area (Å²) in [6, 6.07) is 24.1. The summed E-state index contributed by atoms with van der Waals surface area (Å²) >= 11 is 0. The third-order valence-electron chi connectivity index (χ3n) is 5.19. The Morgan fingerprint density at radius 1 is 0.968 bits per heavy atom. The lowest BCUT2D eigenvalue weighted by atomic mass is 10.0. The lowest BCUT2D eigenvalue weighted by Crippen LogP contribution is -2.27. The topological polar surface area (TPSA) is 84.2 Å². The minimum absolute atomic E-state index is 0.00196. The van der Waals surface area contributed by atoms with Gasteiger partial charge in [0, 0.05) is 25.9 Å². The average molecular weight is 415 g/mol. The van der Waals surface area contributed by atoms with Gasteiger partial charge in [-0.15, -0.1) is 15.3 Å². The number of rotatable bonds is 9. The number of benzene rings is 2. The zero-order valence-electron chi connectivity index (χ0n) is 17.5. The van der Waals surface area contributed by atoms with E-state index in [4.69, 9.17) is 0 Å². The fraction of sp³-hybridized carbons (Fsp3) is 0.250. The van der Waals surface area contributed by atoms with E-state index in [1.807, 2.05) is 48.5 Å². The van der Waals surface area contributed by atoms with Crippen molar-refractivity contribution in [2.75, 3.05) is 11.9 Å². The van der Waals surface area contributed by atoms with E-state index in [1.165, 1.54) is 11.1 Å². The summed E-state index contributed by atoms with van der Waals surface area (Å²) in [6.45, 7) is 3.39. The fourth-order valence-electron chi connectivity index (χ4n) is 3.35. The number of anilines is 1. The van der Waals surface area contributed by atoms with Crippen LogP contribution in [0.1, 0.15) is 36.2 Å². The molecule has 31 heavy (non-hydrogen) atoms. The van der Waals surface area contributed by atoms with Gasteiger partial charge in [0.15, 0.2) is 11.5 Å². The van der Waals surface area contributed by atoms with Crippen LogP contribution in [0.25, 0.3) is 5.65 Å². The molecule has 2 aromatic heterocycles. The standard InChI is InChI=1S/C24H26N6O/c1-18(20-10-6-3-7-11-20)16-26-24(31)15-14-23-28-27-22-13-12-21(29-30(22)23)25-17-19-8-4-2-5-9-19/h2-13,18H,14-17H2,1H3,(H,25,29)(H,26,31)/t18-/m0/s1. The molecule has 4 rings (SSSR count). The van der Waals surface area contributed by atoms with Crippen molar-refractivity contribution in [3.05, 3.63) is 89.7 Å². The molecule has 0 saturated carbocycles. The van der Waals surface area contributed by atoms with Gasteiger partial charge in [-0.25, -0.2) is 0 Å². The van der Waals surface area contributed by atoms with Crippen LogP contribution < -0.4 is 10.6 Å². The summed E-state index contributed by atoms with van der Waals surface area (Å²) in [6.07, 6.45) is 0.813. The smallest absolute Gasteiger partial charge is 0.220 e. The van der Waals surface area contributed by atoms with Gasteiger partial charge in [0.05, 0.1) is 0 Å². The van der Waals surface area contributed by atoms with E-state index in [2.05, 4.69) is 57.1 Å². The van der Waals surface area contributed by atoms with Crippen molar-refractivity contribution < 1.29 is 4.79 Å². The molecule has 0 unspecified atom stereocenters. The highest BCUT2D eigenvalue weighted by Gasteiger charge is 2.12. The first-order valence-electron chi connectivity index (χ1n) is 10.5. The van der Waals surface area contributed by atoms with Gasteiger partial charge in [-0.2, -0.15) is 4.52 Å². The molecule has 0 bridgehead atoms. The Kier molecular flexibility index (Phi) is 6.52. The van der Waals surface area contributed by atoms with Crippen LogP contribution in [0.3, 0.4) is 0 Å².